The second-order valence-electron chi connectivity index (χ2n) is 7.01. The molecular formula is C17H25N7OS. The summed E-state index contributed by atoms with van der Waals surface area (Å²) in [5.74, 6) is 2.97. The van der Waals surface area contributed by atoms with Gasteiger partial charge in [0, 0.05) is 55.9 Å². The zero-order chi connectivity index (χ0) is 17.9. The van der Waals surface area contributed by atoms with E-state index in [0.717, 1.165) is 68.5 Å². The van der Waals surface area contributed by atoms with Gasteiger partial charge in [-0.3, -0.25) is 0 Å². The van der Waals surface area contributed by atoms with E-state index in [0.29, 0.717) is 12.0 Å². The van der Waals surface area contributed by atoms with E-state index in [9.17, 15) is 0 Å². The van der Waals surface area contributed by atoms with Gasteiger partial charge in [0.1, 0.15) is 11.6 Å². The van der Waals surface area contributed by atoms with E-state index in [4.69, 9.17) is 4.74 Å². The maximum absolute atomic E-state index is 5.40. The molecule has 0 amide bonds. The van der Waals surface area contributed by atoms with Crippen LogP contribution in [0.15, 0.2) is 12.3 Å². The summed E-state index contributed by atoms with van der Waals surface area (Å²) in [6.07, 6.45) is 2.89. The lowest BCUT2D eigenvalue weighted by Gasteiger charge is -2.27. The van der Waals surface area contributed by atoms with E-state index in [1.54, 1.807) is 0 Å². The molecule has 8 nitrogen and oxygen atoms in total. The van der Waals surface area contributed by atoms with Gasteiger partial charge < -0.3 is 19.9 Å². The van der Waals surface area contributed by atoms with Gasteiger partial charge in [-0.1, -0.05) is 13.8 Å². The molecule has 0 aromatic carbocycles. The quantitative estimate of drug-likeness (QED) is 0.850. The van der Waals surface area contributed by atoms with Gasteiger partial charge in [0.25, 0.3) is 0 Å². The predicted molar refractivity (Wildman–Crippen MR) is 103 cm³/mol. The Bertz CT molecular complexity index is 731. The van der Waals surface area contributed by atoms with E-state index < -0.39 is 0 Å². The van der Waals surface area contributed by atoms with E-state index in [2.05, 4.69) is 48.3 Å². The van der Waals surface area contributed by atoms with Gasteiger partial charge in [-0.05, 0) is 12.5 Å². The lowest BCUT2D eigenvalue weighted by Crippen LogP contribution is -2.37. The van der Waals surface area contributed by atoms with Crippen LogP contribution >= 0.6 is 11.5 Å². The fraction of sp³-hybridized carbons (Fsp3) is 0.647. The van der Waals surface area contributed by atoms with Crippen molar-refractivity contribution >= 4 is 28.4 Å². The molecule has 140 valence electrons. The van der Waals surface area contributed by atoms with Crippen molar-refractivity contribution < 1.29 is 4.74 Å². The molecule has 0 saturated carbocycles. The Labute approximate surface area is 157 Å². The molecule has 26 heavy (non-hydrogen) atoms. The molecule has 0 spiro atoms. The fourth-order valence-electron chi connectivity index (χ4n) is 3.19. The van der Waals surface area contributed by atoms with Crippen LogP contribution in [0, 0.1) is 0 Å². The molecular weight excluding hydrogens is 350 g/mol. The van der Waals surface area contributed by atoms with Crippen LogP contribution in [0.4, 0.5) is 16.9 Å². The number of hydrogen-bond donors (Lipinski definition) is 1. The van der Waals surface area contributed by atoms with E-state index >= 15 is 0 Å². The third-order valence-electron chi connectivity index (χ3n) is 4.69. The first kappa shape index (κ1) is 17.4. The predicted octanol–water partition coefficient (Wildman–Crippen LogP) is 1.98. The molecule has 2 aliphatic heterocycles. The second-order valence-corrected chi connectivity index (χ2v) is 7.74. The van der Waals surface area contributed by atoms with Crippen LogP contribution < -0.4 is 15.1 Å². The molecule has 4 heterocycles. The van der Waals surface area contributed by atoms with Crippen molar-refractivity contribution in [2.45, 2.75) is 32.2 Å². The molecule has 2 aromatic rings. The van der Waals surface area contributed by atoms with Gasteiger partial charge in [-0.2, -0.15) is 9.36 Å². The van der Waals surface area contributed by atoms with Gasteiger partial charge in [-0.25, -0.2) is 9.97 Å². The number of aromatic nitrogens is 4. The lowest BCUT2D eigenvalue weighted by atomic mass is 10.2. The number of nitrogens with one attached hydrogen (secondary N) is 1. The van der Waals surface area contributed by atoms with Crippen LogP contribution in [0.25, 0.3) is 0 Å². The maximum atomic E-state index is 5.40. The molecule has 2 fully saturated rings. The Hall–Kier alpha value is -2.00. The summed E-state index contributed by atoms with van der Waals surface area (Å²) >= 11 is 1.50. The smallest absolute Gasteiger partial charge is 0.227 e. The van der Waals surface area contributed by atoms with Gasteiger partial charge in [0.15, 0.2) is 0 Å². The number of morpholine rings is 1. The SMILES string of the molecule is CC(C)c1nsc(N2CCC(Nc3ccnc(N4CCOCC4)n3)C2)n1. The number of hydrogen-bond acceptors (Lipinski definition) is 9. The zero-order valence-corrected chi connectivity index (χ0v) is 16.1. The lowest BCUT2D eigenvalue weighted by molar-refractivity contribution is 0.122. The first-order chi connectivity index (χ1) is 12.7. The van der Waals surface area contributed by atoms with Gasteiger partial charge in [0.05, 0.1) is 13.2 Å². The average molecular weight is 376 g/mol. The molecule has 2 aliphatic rings. The summed E-state index contributed by atoms with van der Waals surface area (Å²) < 4.78 is 9.87. The van der Waals surface area contributed by atoms with Crippen molar-refractivity contribution in [2.75, 3.05) is 54.5 Å². The Morgan fingerprint density at radius 3 is 2.81 bits per heavy atom. The third-order valence-corrected chi connectivity index (χ3v) is 5.49. The third kappa shape index (κ3) is 3.88. The molecule has 0 radical (unpaired) electrons. The number of rotatable bonds is 5. The summed E-state index contributed by atoms with van der Waals surface area (Å²) in [5, 5.41) is 4.58. The highest BCUT2D eigenvalue weighted by molar-refractivity contribution is 7.09. The summed E-state index contributed by atoms with van der Waals surface area (Å²) in [5.41, 5.74) is 0. The van der Waals surface area contributed by atoms with E-state index in [-0.39, 0.29) is 0 Å². The van der Waals surface area contributed by atoms with Gasteiger partial charge in [0.2, 0.25) is 11.1 Å². The minimum absolute atomic E-state index is 0.355. The minimum Gasteiger partial charge on any atom is -0.378 e. The summed E-state index contributed by atoms with van der Waals surface area (Å²) in [6, 6.07) is 2.29. The number of ether oxygens (including phenoxy) is 1. The van der Waals surface area contributed by atoms with Crippen LogP contribution in [0.2, 0.25) is 0 Å². The van der Waals surface area contributed by atoms with Crippen molar-refractivity contribution in [3.05, 3.63) is 18.1 Å². The van der Waals surface area contributed by atoms with Crippen molar-refractivity contribution in [3.8, 4) is 0 Å². The first-order valence-corrected chi connectivity index (χ1v) is 9.97. The van der Waals surface area contributed by atoms with E-state index in [1.807, 2.05) is 12.3 Å². The van der Waals surface area contributed by atoms with Gasteiger partial charge in [-0.15, -0.1) is 0 Å². The molecule has 0 aliphatic carbocycles. The zero-order valence-electron chi connectivity index (χ0n) is 15.3. The normalized spacial score (nSPS) is 20.8. The van der Waals surface area contributed by atoms with Crippen LogP contribution in [0.5, 0.6) is 0 Å². The Balaban J connectivity index is 1.37. The van der Waals surface area contributed by atoms with Crippen LogP contribution in [0.1, 0.15) is 32.0 Å². The average Bonchev–Trinajstić information content (AvgIpc) is 3.32. The van der Waals surface area contributed by atoms with Crippen LogP contribution in [0.3, 0.4) is 0 Å². The van der Waals surface area contributed by atoms with Gasteiger partial charge >= 0.3 is 0 Å². The first-order valence-electron chi connectivity index (χ1n) is 9.20. The van der Waals surface area contributed by atoms with Crippen LogP contribution in [-0.2, 0) is 4.74 Å². The molecule has 1 N–H and O–H groups in total. The summed E-state index contributed by atoms with van der Waals surface area (Å²) in [4.78, 5) is 18.3. The highest BCUT2D eigenvalue weighted by atomic mass is 32.1. The molecule has 2 saturated heterocycles. The largest absolute Gasteiger partial charge is 0.378 e. The highest BCUT2D eigenvalue weighted by Crippen LogP contribution is 2.26. The molecule has 1 atom stereocenters. The molecule has 0 bridgehead atoms. The molecule has 4 rings (SSSR count). The molecule has 2 aromatic heterocycles. The van der Waals surface area contributed by atoms with E-state index in [1.165, 1.54) is 11.5 Å². The standard InChI is InChI=1S/C17H25N7OS/c1-12(2)15-21-17(26-22-15)24-6-4-13(11-24)19-14-3-5-18-16(20-14)23-7-9-25-10-8-23/h3,5,12-13H,4,6-11H2,1-2H3,(H,18,19,20). The minimum atomic E-state index is 0.355. The highest BCUT2D eigenvalue weighted by Gasteiger charge is 2.26. The monoisotopic (exact) mass is 375 g/mol. The fourth-order valence-corrected chi connectivity index (χ4v) is 4.04. The second kappa shape index (κ2) is 7.71. The van der Waals surface area contributed by atoms with Crippen molar-refractivity contribution in [1.29, 1.82) is 0 Å². The Morgan fingerprint density at radius 1 is 1.19 bits per heavy atom. The number of nitrogens with zero attached hydrogens (tertiary/aromatic N) is 6. The topological polar surface area (TPSA) is 79.3 Å². The Morgan fingerprint density at radius 2 is 2.04 bits per heavy atom. The van der Waals surface area contributed by atoms with Crippen molar-refractivity contribution in [2.24, 2.45) is 0 Å². The molecule has 1 unspecified atom stereocenters. The van der Waals surface area contributed by atoms with Crippen molar-refractivity contribution in [1.82, 2.24) is 19.3 Å². The molecule has 9 heteroatoms. The van der Waals surface area contributed by atoms with Crippen molar-refractivity contribution in [3.63, 3.8) is 0 Å². The number of anilines is 3. The maximum Gasteiger partial charge on any atom is 0.227 e. The summed E-state index contributed by atoms with van der Waals surface area (Å²) in [6.45, 7) is 9.32. The summed E-state index contributed by atoms with van der Waals surface area (Å²) in [7, 11) is 0. The Kier molecular flexibility index (Phi) is 5.16. The van der Waals surface area contributed by atoms with Crippen LogP contribution in [-0.4, -0.2) is 64.8 Å².